The van der Waals surface area contributed by atoms with Gasteiger partial charge < -0.3 is 21.0 Å². The van der Waals surface area contributed by atoms with Gasteiger partial charge in [-0.1, -0.05) is 28.9 Å². The lowest BCUT2D eigenvalue weighted by atomic mass is 10.1. The fourth-order valence-corrected chi connectivity index (χ4v) is 5.82. The molecule has 0 fully saturated rings. The first-order valence-corrected chi connectivity index (χ1v) is 13.0. The Balaban J connectivity index is 1.52. The summed E-state index contributed by atoms with van der Waals surface area (Å²) in [5.74, 6) is -1.57. The van der Waals surface area contributed by atoms with E-state index in [2.05, 4.69) is 20.2 Å². The van der Waals surface area contributed by atoms with E-state index in [4.69, 9.17) is 10.6 Å². The molecule has 2 heterocycles. The van der Waals surface area contributed by atoms with Crippen molar-refractivity contribution in [2.24, 2.45) is 5.16 Å². The van der Waals surface area contributed by atoms with E-state index in [1.165, 1.54) is 0 Å². The molecular formula is C24H31N5O6S. The second kappa shape index (κ2) is 11.5. The zero-order valence-corrected chi connectivity index (χ0v) is 21.3. The minimum absolute atomic E-state index is 0.0236. The molecule has 3 rings (SSSR count). The first-order valence-electron chi connectivity index (χ1n) is 11.5. The van der Waals surface area contributed by atoms with Crippen molar-refractivity contribution in [3.8, 4) is 0 Å². The zero-order chi connectivity index (χ0) is 26.5. The molecule has 36 heavy (non-hydrogen) atoms. The maximum absolute atomic E-state index is 12.9. The van der Waals surface area contributed by atoms with Crippen LogP contribution in [-0.2, 0) is 30.9 Å². The van der Waals surface area contributed by atoms with Crippen LogP contribution in [0, 0.1) is 20.8 Å². The van der Waals surface area contributed by atoms with Crippen LogP contribution in [0.25, 0.3) is 0 Å². The molecular weight excluding hydrogens is 486 g/mol. The lowest BCUT2D eigenvalue weighted by molar-refractivity contribution is -0.138. The Morgan fingerprint density at radius 2 is 1.92 bits per heavy atom. The minimum Gasteiger partial charge on any atom is -0.480 e. The molecule has 0 aliphatic carbocycles. The lowest BCUT2D eigenvalue weighted by Crippen LogP contribution is -2.49. The summed E-state index contributed by atoms with van der Waals surface area (Å²) in [4.78, 5) is 33.8. The number of nitrogens with two attached hydrogens (primary N) is 1. The summed E-state index contributed by atoms with van der Waals surface area (Å²) in [5.41, 5.74) is 8.57. The van der Waals surface area contributed by atoms with Crippen LogP contribution < -0.4 is 15.8 Å². The molecule has 2 atom stereocenters. The number of aromatic nitrogens is 1. The average molecular weight is 518 g/mol. The number of carboxylic acid groups (broad SMARTS) is 1. The quantitative estimate of drug-likeness (QED) is 0.348. The van der Waals surface area contributed by atoms with E-state index in [1.54, 1.807) is 32.0 Å². The fourth-order valence-electron chi connectivity index (χ4n) is 4.18. The molecule has 5 N–H and O–H groups in total. The van der Waals surface area contributed by atoms with Gasteiger partial charge in [0, 0.05) is 18.7 Å². The van der Waals surface area contributed by atoms with Crippen molar-refractivity contribution < 1.29 is 28.0 Å². The maximum atomic E-state index is 12.9. The summed E-state index contributed by atoms with van der Waals surface area (Å²) in [5, 5.41) is 15.8. The summed E-state index contributed by atoms with van der Waals surface area (Å²) in [6.45, 7) is 4.68. The van der Waals surface area contributed by atoms with E-state index >= 15 is 0 Å². The predicted octanol–water partition coefficient (Wildman–Crippen LogP) is 1.60. The van der Waals surface area contributed by atoms with Gasteiger partial charge in [-0.15, -0.1) is 0 Å². The van der Waals surface area contributed by atoms with Gasteiger partial charge in [-0.25, -0.2) is 13.4 Å². The van der Waals surface area contributed by atoms with Crippen LogP contribution in [-0.4, -0.2) is 54.8 Å². The topological polar surface area (TPSA) is 173 Å². The van der Waals surface area contributed by atoms with Gasteiger partial charge in [0.2, 0.25) is 10.0 Å². The third kappa shape index (κ3) is 7.01. The van der Waals surface area contributed by atoms with Crippen LogP contribution in [0.4, 0.5) is 5.82 Å². The Kier molecular flexibility index (Phi) is 8.64. The van der Waals surface area contributed by atoms with E-state index in [-0.39, 0.29) is 23.1 Å². The molecule has 0 saturated carbocycles. The largest absolute Gasteiger partial charge is 0.480 e. The number of amides is 1. The van der Waals surface area contributed by atoms with E-state index < -0.39 is 34.5 Å². The highest BCUT2D eigenvalue weighted by molar-refractivity contribution is 7.89. The number of nitrogen functional groups attached to an aromatic ring is 1. The van der Waals surface area contributed by atoms with Crippen LogP contribution in [0.2, 0.25) is 0 Å². The van der Waals surface area contributed by atoms with Crippen LogP contribution >= 0.6 is 0 Å². The summed E-state index contributed by atoms with van der Waals surface area (Å²) in [6, 6.07) is 7.29. The van der Waals surface area contributed by atoms with E-state index in [9.17, 15) is 23.1 Å². The highest BCUT2D eigenvalue weighted by Crippen LogP contribution is 2.22. The number of benzene rings is 1. The van der Waals surface area contributed by atoms with Gasteiger partial charge in [0.15, 0.2) is 0 Å². The third-order valence-corrected chi connectivity index (χ3v) is 7.49. The van der Waals surface area contributed by atoms with Gasteiger partial charge in [-0.3, -0.25) is 9.59 Å². The number of carboxylic acids is 1. The van der Waals surface area contributed by atoms with E-state index in [0.29, 0.717) is 29.8 Å². The van der Waals surface area contributed by atoms with Gasteiger partial charge in [-0.2, -0.15) is 4.72 Å². The Hall–Kier alpha value is -3.51. The number of hydrogen-bond donors (Lipinski definition) is 4. The molecule has 1 aromatic heterocycles. The summed E-state index contributed by atoms with van der Waals surface area (Å²) < 4.78 is 28.0. The molecule has 12 heteroatoms. The molecule has 0 saturated heterocycles. The van der Waals surface area contributed by atoms with Crippen molar-refractivity contribution in [1.29, 1.82) is 0 Å². The maximum Gasteiger partial charge on any atom is 0.323 e. The Bertz CT molecular complexity index is 1250. The third-order valence-electron chi connectivity index (χ3n) is 5.72. The molecule has 0 spiro atoms. The van der Waals surface area contributed by atoms with Crippen molar-refractivity contribution >= 4 is 33.4 Å². The van der Waals surface area contributed by atoms with Crippen LogP contribution in [0.1, 0.15) is 41.6 Å². The number of oxime groups is 1. The molecule has 0 bridgehead atoms. The standard InChI is InChI=1S/C24H31N5O6S/c1-14-10-15(2)22(16(3)11-14)36(33,34)29-20(24(31)32)13-26-23(30)19-12-18(35-28-19)8-4-6-17-7-5-9-21(25)27-17/h5,7,9-11,18,20,29H,4,6,8,12-13H2,1-3H3,(H2,25,27)(H,26,30)(H,31,32). The molecule has 2 unspecified atom stereocenters. The number of sulfonamides is 1. The molecule has 194 valence electrons. The number of carbonyl (C=O) groups excluding carboxylic acids is 1. The first kappa shape index (κ1) is 27.1. The van der Waals surface area contributed by atoms with Crippen LogP contribution in [0.15, 0.2) is 40.4 Å². The molecule has 1 aliphatic heterocycles. The van der Waals surface area contributed by atoms with Crippen LogP contribution in [0.3, 0.4) is 0 Å². The second-order valence-corrected chi connectivity index (χ2v) is 10.5. The zero-order valence-electron chi connectivity index (χ0n) is 20.4. The number of nitrogens with zero attached hydrogens (tertiary/aromatic N) is 2. The number of anilines is 1. The molecule has 1 aliphatic rings. The van der Waals surface area contributed by atoms with Gasteiger partial charge in [-0.05, 0) is 63.3 Å². The van der Waals surface area contributed by atoms with Crippen molar-refractivity contribution in [1.82, 2.24) is 15.0 Å². The first-order chi connectivity index (χ1) is 17.0. The smallest absolute Gasteiger partial charge is 0.323 e. The highest BCUT2D eigenvalue weighted by atomic mass is 32.2. The second-order valence-electron chi connectivity index (χ2n) is 8.87. The number of carbonyl (C=O) groups is 2. The fraction of sp³-hybridized carbons (Fsp3) is 0.417. The predicted molar refractivity (Wildman–Crippen MR) is 134 cm³/mol. The monoisotopic (exact) mass is 517 g/mol. The molecule has 2 aromatic rings. The summed E-state index contributed by atoms with van der Waals surface area (Å²) in [7, 11) is -4.14. The highest BCUT2D eigenvalue weighted by Gasteiger charge is 2.30. The number of nitrogens with one attached hydrogen (secondary N) is 2. The van der Waals surface area contributed by atoms with Crippen molar-refractivity contribution in [3.63, 3.8) is 0 Å². The summed E-state index contributed by atoms with van der Waals surface area (Å²) in [6.07, 6.45) is 2.08. The van der Waals surface area contributed by atoms with Gasteiger partial charge in [0.05, 0.1) is 4.90 Å². The molecule has 11 nitrogen and oxygen atoms in total. The van der Waals surface area contributed by atoms with Crippen molar-refractivity contribution in [2.75, 3.05) is 12.3 Å². The van der Waals surface area contributed by atoms with Gasteiger partial charge >= 0.3 is 5.97 Å². The van der Waals surface area contributed by atoms with E-state index in [1.807, 2.05) is 19.1 Å². The number of rotatable bonds is 11. The number of aliphatic carboxylic acids is 1. The van der Waals surface area contributed by atoms with Gasteiger partial charge in [0.25, 0.3) is 5.91 Å². The lowest BCUT2D eigenvalue weighted by Gasteiger charge is -2.18. The van der Waals surface area contributed by atoms with Gasteiger partial charge in [0.1, 0.15) is 23.7 Å². The Morgan fingerprint density at radius 1 is 1.22 bits per heavy atom. The minimum atomic E-state index is -4.14. The summed E-state index contributed by atoms with van der Waals surface area (Å²) >= 11 is 0. The van der Waals surface area contributed by atoms with Crippen LogP contribution in [0.5, 0.6) is 0 Å². The molecule has 1 aromatic carbocycles. The molecule has 1 amide bonds. The van der Waals surface area contributed by atoms with E-state index in [0.717, 1.165) is 17.7 Å². The van der Waals surface area contributed by atoms with Crippen molar-refractivity contribution in [3.05, 3.63) is 52.7 Å². The Labute approximate surface area is 210 Å². The average Bonchev–Trinajstić information content (AvgIpc) is 3.24. The molecule has 0 radical (unpaired) electrons. The van der Waals surface area contributed by atoms with Crippen molar-refractivity contribution in [2.45, 2.75) is 63.5 Å². The number of hydrogen-bond acceptors (Lipinski definition) is 8. The SMILES string of the molecule is Cc1cc(C)c(S(=O)(=O)NC(CNC(=O)C2=NOC(CCCc3cccc(N)n3)C2)C(=O)O)c(C)c1. The number of aryl methyl sites for hydroxylation is 4. The number of pyridine rings is 1. The normalized spacial score (nSPS) is 16.2. The Morgan fingerprint density at radius 3 is 2.56 bits per heavy atom.